The molecule has 0 aliphatic heterocycles. The summed E-state index contributed by atoms with van der Waals surface area (Å²) in [4.78, 5) is 0. The maximum atomic E-state index is 5.38. The van der Waals surface area contributed by atoms with E-state index in [1.54, 1.807) is 14.2 Å². The van der Waals surface area contributed by atoms with E-state index < -0.39 is 9.28 Å². The van der Waals surface area contributed by atoms with Gasteiger partial charge >= 0.3 is 9.28 Å². The summed E-state index contributed by atoms with van der Waals surface area (Å²) < 4.78 is 10.8. The summed E-state index contributed by atoms with van der Waals surface area (Å²) >= 11 is 0. The summed E-state index contributed by atoms with van der Waals surface area (Å²) in [7, 11) is 2.05. The predicted molar refractivity (Wildman–Crippen MR) is 54.7 cm³/mol. The first-order valence-electron chi connectivity index (χ1n) is 4.49. The Labute approximate surface area is 78.1 Å². The second kappa shape index (κ2) is 4.99. The molecule has 0 aromatic heterocycles. The highest BCUT2D eigenvalue weighted by Gasteiger charge is 2.33. The first kappa shape index (κ1) is 12.1. The van der Waals surface area contributed by atoms with Crippen molar-refractivity contribution in [3.8, 4) is 0 Å². The summed E-state index contributed by atoms with van der Waals surface area (Å²) in [6.45, 7) is 8.94. The smallest absolute Gasteiger partial charge is 0.326 e. The van der Waals surface area contributed by atoms with Crippen LogP contribution < -0.4 is 0 Å². The molecule has 0 saturated heterocycles. The Bertz CT molecular complexity index is 120. The van der Waals surface area contributed by atoms with E-state index >= 15 is 0 Å². The van der Waals surface area contributed by atoms with Gasteiger partial charge in [-0.25, -0.2) is 0 Å². The minimum Gasteiger partial charge on any atom is -0.400 e. The first-order chi connectivity index (χ1) is 5.44. The maximum Gasteiger partial charge on any atom is 0.326 e. The Balaban J connectivity index is 4.14. The van der Waals surface area contributed by atoms with Crippen LogP contribution in [0.1, 0.15) is 34.1 Å². The largest absolute Gasteiger partial charge is 0.400 e. The lowest BCUT2D eigenvalue weighted by Crippen LogP contribution is -2.33. The monoisotopic (exact) mass is 190 g/mol. The summed E-state index contributed by atoms with van der Waals surface area (Å²) in [6, 6.07) is 0. The number of rotatable bonds is 5. The van der Waals surface area contributed by atoms with Crippen LogP contribution in [0.3, 0.4) is 0 Å². The minimum atomic E-state index is -1.46. The summed E-state index contributed by atoms with van der Waals surface area (Å²) in [5, 5.41) is 0.234. The van der Waals surface area contributed by atoms with Crippen molar-refractivity contribution in [3.63, 3.8) is 0 Å². The third-order valence-electron chi connectivity index (χ3n) is 2.00. The van der Waals surface area contributed by atoms with Crippen molar-refractivity contribution in [2.45, 2.75) is 39.2 Å². The molecule has 0 rings (SSSR count). The van der Waals surface area contributed by atoms with Crippen LogP contribution in [0.5, 0.6) is 0 Å². The molecular weight excluding hydrogens is 168 g/mol. The molecule has 74 valence electrons. The highest BCUT2D eigenvalue weighted by Crippen LogP contribution is 2.36. The fraction of sp³-hybridized carbons (Fsp3) is 1.00. The normalized spacial score (nSPS) is 13.0. The second-order valence-electron chi connectivity index (χ2n) is 4.39. The molecule has 0 N–H and O–H groups in total. The summed E-state index contributed by atoms with van der Waals surface area (Å²) in [6.07, 6.45) is 1.17. The van der Waals surface area contributed by atoms with Crippen LogP contribution in [-0.2, 0) is 8.85 Å². The molecule has 0 aromatic carbocycles. The molecule has 0 aromatic rings. The number of hydrogen-bond donors (Lipinski definition) is 0. The predicted octanol–water partition coefficient (Wildman–Crippen LogP) is 2.33. The summed E-state index contributed by atoms with van der Waals surface area (Å²) in [5.41, 5.74) is 0. The molecule has 12 heavy (non-hydrogen) atoms. The molecule has 0 bridgehead atoms. The van der Waals surface area contributed by atoms with Crippen LogP contribution in [0, 0.1) is 5.92 Å². The van der Waals surface area contributed by atoms with Crippen molar-refractivity contribution in [1.82, 2.24) is 0 Å². The van der Waals surface area contributed by atoms with Crippen molar-refractivity contribution in [2.24, 2.45) is 5.92 Å². The van der Waals surface area contributed by atoms with Gasteiger partial charge in [-0.15, -0.1) is 0 Å². The molecule has 0 amide bonds. The van der Waals surface area contributed by atoms with Gasteiger partial charge in [0.2, 0.25) is 0 Å². The molecule has 0 heterocycles. The van der Waals surface area contributed by atoms with E-state index in [1.165, 1.54) is 6.42 Å². The second-order valence-corrected chi connectivity index (χ2v) is 7.56. The zero-order valence-electron chi connectivity index (χ0n) is 9.18. The summed E-state index contributed by atoms with van der Waals surface area (Å²) in [5.74, 6) is 0.709. The van der Waals surface area contributed by atoms with Crippen molar-refractivity contribution >= 4 is 9.28 Å². The Kier molecular flexibility index (Phi) is 5.05. The van der Waals surface area contributed by atoms with E-state index in [-0.39, 0.29) is 5.04 Å². The highest BCUT2D eigenvalue weighted by molar-refractivity contribution is 6.48. The first-order valence-corrected chi connectivity index (χ1v) is 6.01. The van der Waals surface area contributed by atoms with E-state index in [0.717, 1.165) is 0 Å². The van der Waals surface area contributed by atoms with E-state index in [1.807, 2.05) is 0 Å². The average molecular weight is 190 g/mol. The Morgan fingerprint density at radius 2 is 1.58 bits per heavy atom. The molecule has 0 atom stereocenters. The molecule has 0 fully saturated rings. The molecular formula is C9H22O2Si. The third-order valence-corrected chi connectivity index (χ3v) is 4.37. The molecule has 0 aliphatic carbocycles. The molecule has 0 spiro atoms. The molecule has 3 heteroatoms. The van der Waals surface area contributed by atoms with Gasteiger partial charge in [-0.3, -0.25) is 0 Å². The topological polar surface area (TPSA) is 18.5 Å². The van der Waals surface area contributed by atoms with Crippen LogP contribution in [0.4, 0.5) is 0 Å². The lowest BCUT2D eigenvalue weighted by molar-refractivity contribution is 0.236. The van der Waals surface area contributed by atoms with Gasteiger partial charge in [0.1, 0.15) is 0 Å². The van der Waals surface area contributed by atoms with E-state index in [0.29, 0.717) is 5.92 Å². The average Bonchev–Trinajstić information content (AvgIpc) is 1.85. The molecule has 2 nitrogen and oxygen atoms in total. The molecule has 0 radical (unpaired) electrons. The van der Waals surface area contributed by atoms with Gasteiger partial charge in [-0.1, -0.05) is 27.7 Å². The third kappa shape index (κ3) is 3.69. The Morgan fingerprint density at radius 1 is 1.17 bits per heavy atom. The molecule has 0 unspecified atom stereocenters. The van der Waals surface area contributed by atoms with Gasteiger partial charge in [0.15, 0.2) is 0 Å². The maximum absolute atomic E-state index is 5.38. The van der Waals surface area contributed by atoms with Crippen molar-refractivity contribution in [1.29, 1.82) is 0 Å². The Morgan fingerprint density at radius 3 is 1.83 bits per heavy atom. The van der Waals surface area contributed by atoms with E-state index in [4.69, 9.17) is 8.85 Å². The van der Waals surface area contributed by atoms with Gasteiger partial charge in [0, 0.05) is 19.3 Å². The van der Waals surface area contributed by atoms with Crippen molar-refractivity contribution in [2.75, 3.05) is 14.2 Å². The van der Waals surface area contributed by atoms with Gasteiger partial charge in [-0.05, 0) is 12.3 Å². The van der Waals surface area contributed by atoms with Crippen LogP contribution in [0.2, 0.25) is 5.04 Å². The zero-order valence-corrected chi connectivity index (χ0v) is 10.3. The lowest BCUT2D eigenvalue weighted by atomic mass is 10.00. The van der Waals surface area contributed by atoms with Gasteiger partial charge in [0.25, 0.3) is 0 Å². The lowest BCUT2D eigenvalue weighted by Gasteiger charge is -2.31. The van der Waals surface area contributed by atoms with Crippen LogP contribution in [0.15, 0.2) is 0 Å². The van der Waals surface area contributed by atoms with Crippen LogP contribution in [0.25, 0.3) is 0 Å². The van der Waals surface area contributed by atoms with Crippen molar-refractivity contribution in [3.05, 3.63) is 0 Å². The van der Waals surface area contributed by atoms with E-state index in [2.05, 4.69) is 27.7 Å². The van der Waals surface area contributed by atoms with Crippen LogP contribution >= 0.6 is 0 Å². The zero-order chi connectivity index (χ0) is 9.78. The van der Waals surface area contributed by atoms with Gasteiger partial charge in [0.05, 0.1) is 0 Å². The van der Waals surface area contributed by atoms with Crippen molar-refractivity contribution < 1.29 is 8.85 Å². The fourth-order valence-electron chi connectivity index (χ4n) is 1.88. The Hall–Kier alpha value is 0.137. The van der Waals surface area contributed by atoms with Gasteiger partial charge in [-0.2, -0.15) is 0 Å². The van der Waals surface area contributed by atoms with Gasteiger partial charge < -0.3 is 8.85 Å². The van der Waals surface area contributed by atoms with Crippen LogP contribution in [-0.4, -0.2) is 23.5 Å². The number of hydrogen-bond acceptors (Lipinski definition) is 2. The fourth-order valence-corrected chi connectivity index (χ4v) is 4.02. The molecule has 0 aliphatic rings. The standard InChI is InChI=1S/C9H22O2Si/c1-8(2)7-9(3,4)12(10-5)11-6/h8,12H,7H2,1-6H3. The highest BCUT2D eigenvalue weighted by atomic mass is 28.3. The minimum absolute atomic E-state index is 0.234. The quantitative estimate of drug-likeness (QED) is 0.619. The SMILES string of the molecule is CO[SiH](OC)C(C)(C)CC(C)C. The molecule has 0 saturated carbocycles. The van der Waals surface area contributed by atoms with E-state index in [9.17, 15) is 0 Å².